The number of nitrogens with zero attached hydrogens (tertiary/aromatic N) is 2. The molecule has 2 aromatic carbocycles. The summed E-state index contributed by atoms with van der Waals surface area (Å²) >= 11 is 0. The molecule has 1 aromatic heterocycles. The van der Waals surface area contributed by atoms with E-state index in [1.165, 1.54) is 7.11 Å². The van der Waals surface area contributed by atoms with E-state index >= 15 is 0 Å². The van der Waals surface area contributed by atoms with Crippen LogP contribution in [0.5, 0.6) is 0 Å². The topological polar surface area (TPSA) is 87.8 Å². The molecule has 1 aliphatic heterocycles. The van der Waals surface area contributed by atoms with E-state index in [0.29, 0.717) is 19.5 Å². The summed E-state index contributed by atoms with van der Waals surface area (Å²) in [5, 5.41) is 18.4. The molecule has 1 saturated heterocycles. The van der Waals surface area contributed by atoms with E-state index in [0.717, 1.165) is 22.6 Å². The van der Waals surface area contributed by atoms with Crippen LogP contribution < -0.4 is 5.32 Å². The van der Waals surface area contributed by atoms with Crippen LogP contribution in [0.15, 0.2) is 71.3 Å². The number of hydrogen-bond acceptors (Lipinski definition) is 6. The molecule has 32 heavy (non-hydrogen) atoms. The first-order chi connectivity index (χ1) is 15.5. The van der Waals surface area contributed by atoms with Gasteiger partial charge in [-0.15, -0.1) is 0 Å². The van der Waals surface area contributed by atoms with Gasteiger partial charge in [0.25, 0.3) is 0 Å². The summed E-state index contributed by atoms with van der Waals surface area (Å²) in [5.41, 5.74) is 1.72. The molecule has 0 spiro atoms. The smallest absolute Gasteiger partial charge is 0.246 e. The van der Waals surface area contributed by atoms with Crippen molar-refractivity contribution >= 4 is 5.91 Å². The van der Waals surface area contributed by atoms with Gasteiger partial charge in [-0.25, -0.2) is 0 Å². The zero-order valence-corrected chi connectivity index (χ0v) is 18.4. The van der Waals surface area contributed by atoms with Gasteiger partial charge in [-0.1, -0.05) is 65.8 Å². The van der Waals surface area contributed by atoms with Crippen molar-refractivity contribution in [2.75, 3.05) is 20.3 Å². The summed E-state index contributed by atoms with van der Waals surface area (Å²) in [5.74, 6) is 0.472. The number of carbonyl (C=O) groups excluding carboxylic acids is 1. The predicted molar refractivity (Wildman–Crippen MR) is 121 cm³/mol. The molecule has 3 aromatic rings. The molecule has 1 amide bonds. The van der Waals surface area contributed by atoms with Gasteiger partial charge in [0.2, 0.25) is 5.91 Å². The molecule has 0 bridgehead atoms. The zero-order chi connectivity index (χ0) is 22.6. The Morgan fingerprint density at radius 1 is 1.22 bits per heavy atom. The molecular weight excluding hydrogens is 406 g/mol. The Morgan fingerprint density at radius 3 is 2.59 bits per heavy atom. The van der Waals surface area contributed by atoms with Gasteiger partial charge in [0.15, 0.2) is 5.76 Å². The number of carbonyl (C=O) groups is 1. The summed E-state index contributed by atoms with van der Waals surface area (Å²) < 4.78 is 10.6. The van der Waals surface area contributed by atoms with Crippen LogP contribution in [0, 0.1) is 0 Å². The van der Waals surface area contributed by atoms with Crippen molar-refractivity contribution in [3.05, 3.63) is 78.1 Å². The van der Waals surface area contributed by atoms with Gasteiger partial charge in [0, 0.05) is 25.3 Å². The van der Waals surface area contributed by atoms with Crippen molar-refractivity contribution in [1.29, 1.82) is 0 Å². The fourth-order valence-corrected chi connectivity index (χ4v) is 4.36. The number of hydrogen-bond donors (Lipinski definition) is 2. The van der Waals surface area contributed by atoms with Gasteiger partial charge >= 0.3 is 0 Å². The normalized spacial score (nSPS) is 23.7. The fraction of sp³-hybridized carbons (Fsp3) is 0.360. The molecule has 3 atom stereocenters. The highest BCUT2D eigenvalue weighted by molar-refractivity contribution is 5.77. The molecule has 0 saturated carbocycles. The summed E-state index contributed by atoms with van der Waals surface area (Å²) in [6.07, 6.45) is 0.508. The quantitative estimate of drug-likeness (QED) is 0.593. The molecule has 2 heterocycles. The van der Waals surface area contributed by atoms with E-state index in [9.17, 15) is 9.90 Å². The van der Waals surface area contributed by atoms with Crippen molar-refractivity contribution in [3.8, 4) is 11.3 Å². The van der Waals surface area contributed by atoms with Crippen molar-refractivity contribution < 1.29 is 19.2 Å². The van der Waals surface area contributed by atoms with Gasteiger partial charge < -0.3 is 19.7 Å². The number of benzene rings is 2. The van der Waals surface area contributed by atoms with Gasteiger partial charge in [-0.2, -0.15) is 0 Å². The number of nitrogens with one attached hydrogen (secondary N) is 1. The van der Waals surface area contributed by atoms with E-state index in [4.69, 9.17) is 9.26 Å². The Hall–Kier alpha value is -3.00. The molecule has 168 valence electrons. The van der Waals surface area contributed by atoms with Crippen LogP contribution in [0.2, 0.25) is 0 Å². The van der Waals surface area contributed by atoms with Crippen molar-refractivity contribution in [3.63, 3.8) is 0 Å². The minimum absolute atomic E-state index is 0.0589. The average Bonchev–Trinajstić information content (AvgIpc) is 3.26. The standard InChI is InChI=1S/C25H29N3O4/c1-25(30)13-14-28(16-20-15-21(27-32-20)18-9-5-3-6-10-18)23(19-11-7-4-8-12-19)24(25)26-22(29)17-31-2/h3-12,15,23-24,30H,13-14,16-17H2,1-2H3,(H,26,29)/t23-,24-,25+/m0/s1. The van der Waals surface area contributed by atoms with Gasteiger partial charge in [-0.05, 0) is 18.9 Å². The van der Waals surface area contributed by atoms with Crippen molar-refractivity contribution in [2.45, 2.75) is 37.6 Å². The number of rotatable bonds is 7. The molecule has 1 fully saturated rings. The SMILES string of the molecule is COCC(=O)N[C@H]1[C@H](c2ccccc2)N(Cc2cc(-c3ccccc3)no2)CC[C@@]1(C)O. The van der Waals surface area contributed by atoms with Crippen LogP contribution in [-0.2, 0) is 16.1 Å². The second kappa shape index (κ2) is 9.65. The molecule has 2 N–H and O–H groups in total. The van der Waals surface area contributed by atoms with Crippen LogP contribution in [0.1, 0.15) is 30.7 Å². The number of likely N-dealkylation sites (tertiary alicyclic amines) is 1. The minimum atomic E-state index is -1.07. The molecule has 0 unspecified atom stereocenters. The molecular formula is C25H29N3O4. The first-order valence-electron chi connectivity index (χ1n) is 10.8. The molecule has 4 rings (SSSR count). The molecule has 7 nitrogen and oxygen atoms in total. The highest BCUT2D eigenvalue weighted by atomic mass is 16.5. The third kappa shape index (κ3) is 4.91. The monoisotopic (exact) mass is 435 g/mol. The third-order valence-corrected chi connectivity index (χ3v) is 6.00. The summed E-state index contributed by atoms with van der Waals surface area (Å²) in [7, 11) is 1.48. The Balaban J connectivity index is 1.63. The average molecular weight is 436 g/mol. The van der Waals surface area contributed by atoms with Crippen LogP contribution in [0.3, 0.4) is 0 Å². The Morgan fingerprint density at radius 2 is 1.91 bits per heavy atom. The number of ether oxygens (including phenoxy) is 1. The maximum Gasteiger partial charge on any atom is 0.246 e. The lowest BCUT2D eigenvalue weighted by Crippen LogP contribution is -2.62. The summed E-state index contributed by atoms with van der Waals surface area (Å²) in [6, 6.07) is 21.0. The number of piperidine rings is 1. The number of aromatic nitrogens is 1. The summed E-state index contributed by atoms with van der Waals surface area (Å²) in [6.45, 7) is 2.87. The largest absolute Gasteiger partial charge is 0.388 e. The van der Waals surface area contributed by atoms with E-state index < -0.39 is 11.6 Å². The Bertz CT molecular complexity index is 1020. The minimum Gasteiger partial charge on any atom is -0.388 e. The lowest BCUT2D eigenvalue weighted by molar-refractivity contribution is -0.132. The second-order valence-electron chi connectivity index (χ2n) is 8.46. The molecule has 7 heteroatoms. The van der Waals surface area contributed by atoms with E-state index in [-0.39, 0.29) is 18.6 Å². The Kier molecular flexibility index (Phi) is 6.69. The number of amides is 1. The highest BCUT2D eigenvalue weighted by Gasteiger charge is 2.46. The van der Waals surface area contributed by atoms with Crippen LogP contribution in [-0.4, -0.2) is 53.0 Å². The maximum atomic E-state index is 12.4. The lowest BCUT2D eigenvalue weighted by Gasteiger charge is -2.49. The van der Waals surface area contributed by atoms with Crippen LogP contribution in [0.4, 0.5) is 0 Å². The van der Waals surface area contributed by atoms with Gasteiger partial charge in [-0.3, -0.25) is 9.69 Å². The third-order valence-electron chi connectivity index (χ3n) is 6.00. The first-order valence-corrected chi connectivity index (χ1v) is 10.8. The van der Waals surface area contributed by atoms with Crippen LogP contribution >= 0.6 is 0 Å². The molecule has 1 aliphatic rings. The Labute approximate surface area is 188 Å². The van der Waals surface area contributed by atoms with E-state index in [2.05, 4.69) is 15.4 Å². The fourth-order valence-electron chi connectivity index (χ4n) is 4.36. The van der Waals surface area contributed by atoms with Crippen molar-refractivity contribution in [2.24, 2.45) is 0 Å². The van der Waals surface area contributed by atoms with Gasteiger partial charge in [0.1, 0.15) is 12.3 Å². The maximum absolute atomic E-state index is 12.4. The van der Waals surface area contributed by atoms with Gasteiger partial charge in [0.05, 0.1) is 24.2 Å². The second-order valence-corrected chi connectivity index (χ2v) is 8.46. The zero-order valence-electron chi connectivity index (χ0n) is 18.4. The highest BCUT2D eigenvalue weighted by Crippen LogP contribution is 2.38. The van der Waals surface area contributed by atoms with Crippen LogP contribution in [0.25, 0.3) is 11.3 Å². The molecule has 0 aliphatic carbocycles. The van der Waals surface area contributed by atoms with Crippen molar-refractivity contribution in [1.82, 2.24) is 15.4 Å². The first kappa shape index (κ1) is 22.2. The van der Waals surface area contributed by atoms with E-state index in [1.807, 2.05) is 66.7 Å². The lowest BCUT2D eigenvalue weighted by atomic mass is 9.79. The van der Waals surface area contributed by atoms with E-state index in [1.54, 1.807) is 6.92 Å². The predicted octanol–water partition coefficient (Wildman–Crippen LogP) is 3.17. The molecule has 0 radical (unpaired) electrons. The number of aliphatic hydroxyl groups is 1. The summed E-state index contributed by atoms with van der Waals surface area (Å²) in [4.78, 5) is 14.6. The number of methoxy groups -OCH3 is 1.